The molecule has 7 nitrogen and oxygen atoms in total. The van der Waals surface area contributed by atoms with Crippen molar-refractivity contribution in [1.82, 2.24) is 19.7 Å². The molecule has 0 saturated carbocycles. The monoisotopic (exact) mass is 354 g/mol. The molecule has 1 N–H and O–H groups in total. The van der Waals surface area contributed by atoms with Gasteiger partial charge in [0.2, 0.25) is 11.8 Å². The van der Waals surface area contributed by atoms with E-state index in [0.717, 1.165) is 16.5 Å². The number of benzene rings is 1. The number of aromatic nitrogens is 1. The van der Waals surface area contributed by atoms with Crippen molar-refractivity contribution in [3.8, 4) is 0 Å². The van der Waals surface area contributed by atoms with E-state index >= 15 is 0 Å². The highest BCUT2D eigenvalue weighted by Gasteiger charge is 2.37. The molecule has 2 fully saturated rings. The first-order valence-corrected chi connectivity index (χ1v) is 8.95. The SMILES string of the molecule is Cn1cc(CC(=O)N2CCC(N3C(=O)CNC3=O)CC2)c2ccccc21. The fourth-order valence-corrected chi connectivity index (χ4v) is 4.02. The van der Waals surface area contributed by atoms with Crippen LogP contribution in [0.1, 0.15) is 18.4 Å². The summed E-state index contributed by atoms with van der Waals surface area (Å²) in [6.45, 7) is 1.23. The van der Waals surface area contributed by atoms with Gasteiger partial charge in [0.05, 0.1) is 13.0 Å². The maximum atomic E-state index is 12.7. The molecule has 1 aromatic carbocycles. The van der Waals surface area contributed by atoms with E-state index in [2.05, 4.69) is 5.32 Å². The molecule has 0 unspecified atom stereocenters. The van der Waals surface area contributed by atoms with E-state index < -0.39 is 0 Å². The quantitative estimate of drug-likeness (QED) is 0.844. The number of piperidine rings is 1. The van der Waals surface area contributed by atoms with Crippen molar-refractivity contribution >= 4 is 28.7 Å². The summed E-state index contributed by atoms with van der Waals surface area (Å²) < 4.78 is 2.04. The molecule has 0 atom stereocenters. The first-order valence-electron chi connectivity index (χ1n) is 8.95. The lowest BCUT2D eigenvalue weighted by Crippen LogP contribution is -2.49. The number of amides is 4. The third-order valence-corrected chi connectivity index (χ3v) is 5.38. The molecule has 136 valence electrons. The van der Waals surface area contributed by atoms with Crippen LogP contribution in [0.25, 0.3) is 10.9 Å². The highest BCUT2D eigenvalue weighted by molar-refractivity contribution is 6.02. The maximum Gasteiger partial charge on any atom is 0.324 e. The summed E-state index contributed by atoms with van der Waals surface area (Å²) in [6.07, 6.45) is 3.67. The van der Waals surface area contributed by atoms with Gasteiger partial charge >= 0.3 is 6.03 Å². The zero-order chi connectivity index (χ0) is 18.3. The van der Waals surface area contributed by atoms with Gasteiger partial charge in [-0.25, -0.2) is 4.79 Å². The molecule has 2 aliphatic rings. The normalized spacial score (nSPS) is 18.7. The molecule has 0 aliphatic carbocycles. The molecule has 4 rings (SSSR count). The van der Waals surface area contributed by atoms with E-state index in [1.54, 1.807) is 0 Å². The van der Waals surface area contributed by atoms with Gasteiger partial charge in [-0.05, 0) is 24.5 Å². The van der Waals surface area contributed by atoms with E-state index in [1.165, 1.54) is 4.90 Å². The first kappa shape index (κ1) is 16.6. The Morgan fingerprint density at radius 1 is 1.19 bits per heavy atom. The summed E-state index contributed by atoms with van der Waals surface area (Å²) in [4.78, 5) is 39.5. The highest BCUT2D eigenvalue weighted by Crippen LogP contribution is 2.23. The van der Waals surface area contributed by atoms with Crippen molar-refractivity contribution in [2.75, 3.05) is 19.6 Å². The Kier molecular flexibility index (Phi) is 4.14. The number of carbonyl (C=O) groups excluding carboxylic acids is 3. The lowest BCUT2D eigenvalue weighted by molar-refractivity contribution is -0.132. The van der Waals surface area contributed by atoms with Gasteiger partial charge in [0, 0.05) is 43.3 Å². The number of carbonyl (C=O) groups is 3. The molecular weight excluding hydrogens is 332 g/mol. The minimum atomic E-state index is -0.310. The van der Waals surface area contributed by atoms with Gasteiger partial charge in [-0.2, -0.15) is 0 Å². The Labute approximate surface area is 151 Å². The molecule has 7 heteroatoms. The van der Waals surface area contributed by atoms with E-state index in [1.807, 2.05) is 47.0 Å². The van der Waals surface area contributed by atoms with Crippen LogP contribution < -0.4 is 5.32 Å². The second kappa shape index (κ2) is 6.48. The van der Waals surface area contributed by atoms with Crippen LogP contribution in [0.4, 0.5) is 4.79 Å². The topological polar surface area (TPSA) is 74.7 Å². The number of nitrogens with zero attached hydrogens (tertiary/aromatic N) is 3. The summed E-state index contributed by atoms with van der Waals surface area (Å²) in [7, 11) is 1.99. The van der Waals surface area contributed by atoms with Crippen molar-refractivity contribution in [3.63, 3.8) is 0 Å². The van der Waals surface area contributed by atoms with Gasteiger partial charge < -0.3 is 14.8 Å². The van der Waals surface area contributed by atoms with Crippen LogP contribution in [0, 0.1) is 0 Å². The van der Waals surface area contributed by atoms with E-state index in [9.17, 15) is 14.4 Å². The third-order valence-electron chi connectivity index (χ3n) is 5.38. The fourth-order valence-electron chi connectivity index (χ4n) is 4.02. The van der Waals surface area contributed by atoms with E-state index in [-0.39, 0.29) is 30.4 Å². The van der Waals surface area contributed by atoms with Crippen LogP contribution in [-0.4, -0.2) is 57.9 Å². The predicted octanol–water partition coefficient (Wildman–Crippen LogP) is 1.26. The van der Waals surface area contributed by atoms with Crippen LogP contribution >= 0.6 is 0 Å². The number of para-hydroxylation sites is 1. The Hall–Kier alpha value is -2.83. The number of urea groups is 1. The Morgan fingerprint density at radius 3 is 2.62 bits per heavy atom. The number of aryl methyl sites for hydroxylation is 1. The van der Waals surface area contributed by atoms with Crippen molar-refractivity contribution in [2.45, 2.75) is 25.3 Å². The number of hydrogen-bond acceptors (Lipinski definition) is 3. The van der Waals surface area contributed by atoms with Crippen molar-refractivity contribution in [1.29, 1.82) is 0 Å². The average Bonchev–Trinajstić information content (AvgIpc) is 3.15. The van der Waals surface area contributed by atoms with E-state index in [4.69, 9.17) is 0 Å². The van der Waals surface area contributed by atoms with Crippen LogP contribution in [-0.2, 0) is 23.1 Å². The second-order valence-electron chi connectivity index (χ2n) is 6.99. The Balaban J connectivity index is 1.41. The minimum Gasteiger partial charge on any atom is -0.350 e. The van der Waals surface area contributed by atoms with Gasteiger partial charge in [-0.1, -0.05) is 18.2 Å². The molecule has 2 aromatic rings. The zero-order valence-electron chi connectivity index (χ0n) is 14.8. The predicted molar refractivity (Wildman–Crippen MR) is 96.5 cm³/mol. The molecular formula is C19H22N4O3. The average molecular weight is 354 g/mol. The zero-order valence-corrected chi connectivity index (χ0v) is 14.8. The van der Waals surface area contributed by atoms with E-state index in [0.29, 0.717) is 32.4 Å². The lowest BCUT2D eigenvalue weighted by Gasteiger charge is -2.35. The molecule has 2 saturated heterocycles. The Morgan fingerprint density at radius 2 is 1.92 bits per heavy atom. The summed E-state index contributed by atoms with van der Waals surface area (Å²) >= 11 is 0. The molecule has 0 spiro atoms. The third kappa shape index (κ3) is 2.83. The number of imide groups is 1. The molecule has 2 aliphatic heterocycles. The summed E-state index contributed by atoms with van der Waals surface area (Å²) in [5, 5.41) is 3.67. The molecule has 0 bridgehead atoms. The van der Waals surface area contributed by atoms with Crippen LogP contribution in [0.5, 0.6) is 0 Å². The first-order chi connectivity index (χ1) is 12.5. The molecule has 4 amide bonds. The minimum absolute atomic E-state index is 0.0824. The maximum absolute atomic E-state index is 12.7. The molecule has 3 heterocycles. The van der Waals surface area contributed by atoms with Gasteiger partial charge in [-0.3, -0.25) is 14.5 Å². The van der Waals surface area contributed by atoms with Gasteiger partial charge in [0.1, 0.15) is 0 Å². The van der Waals surface area contributed by atoms with Crippen LogP contribution in [0.15, 0.2) is 30.5 Å². The van der Waals surface area contributed by atoms with Crippen LogP contribution in [0.2, 0.25) is 0 Å². The lowest BCUT2D eigenvalue weighted by atomic mass is 10.0. The number of rotatable bonds is 3. The number of fused-ring (bicyclic) bond motifs is 1. The molecule has 0 radical (unpaired) electrons. The highest BCUT2D eigenvalue weighted by atomic mass is 16.2. The summed E-state index contributed by atoms with van der Waals surface area (Å²) in [5.74, 6) is -0.0764. The number of hydrogen-bond donors (Lipinski definition) is 1. The fraction of sp³-hybridized carbons (Fsp3) is 0.421. The number of nitrogens with one attached hydrogen (secondary N) is 1. The van der Waals surface area contributed by atoms with Gasteiger partial charge in [0.25, 0.3) is 0 Å². The van der Waals surface area contributed by atoms with Gasteiger partial charge in [-0.15, -0.1) is 0 Å². The molecule has 1 aromatic heterocycles. The smallest absolute Gasteiger partial charge is 0.324 e. The second-order valence-corrected chi connectivity index (χ2v) is 6.99. The summed E-state index contributed by atoms with van der Waals surface area (Å²) in [6, 6.07) is 7.66. The summed E-state index contributed by atoms with van der Waals surface area (Å²) in [5.41, 5.74) is 2.15. The van der Waals surface area contributed by atoms with Gasteiger partial charge in [0.15, 0.2) is 0 Å². The van der Waals surface area contributed by atoms with Crippen molar-refractivity contribution in [3.05, 3.63) is 36.0 Å². The largest absolute Gasteiger partial charge is 0.350 e. The van der Waals surface area contributed by atoms with Crippen molar-refractivity contribution in [2.24, 2.45) is 7.05 Å². The number of likely N-dealkylation sites (tertiary alicyclic amines) is 1. The van der Waals surface area contributed by atoms with Crippen LogP contribution in [0.3, 0.4) is 0 Å². The standard InChI is InChI=1S/C19H22N4O3/c1-21-12-13(15-4-2-3-5-16(15)21)10-17(24)22-8-6-14(7-9-22)23-18(25)11-20-19(23)26/h2-5,12,14H,6-11H2,1H3,(H,20,26). The molecule has 26 heavy (non-hydrogen) atoms. The van der Waals surface area contributed by atoms with Crippen molar-refractivity contribution < 1.29 is 14.4 Å². The Bertz CT molecular complexity index is 864.